The third kappa shape index (κ3) is 7.70. The second-order valence-electron chi connectivity index (χ2n) is 8.69. The van der Waals surface area contributed by atoms with Crippen molar-refractivity contribution in [1.82, 2.24) is 5.43 Å². The van der Waals surface area contributed by atoms with Crippen LogP contribution in [0, 0.1) is 0 Å². The second kappa shape index (κ2) is 14.3. The highest BCUT2D eigenvalue weighted by molar-refractivity contribution is 9.10. The van der Waals surface area contributed by atoms with Crippen LogP contribution in [0.1, 0.15) is 36.6 Å². The van der Waals surface area contributed by atoms with Crippen molar-refractivity contribution in [3.05, 3.63) is 111 Å². The molecule has 10 nitrogen and oxygen atoms in total. The molecule has 43 heavy (non-hydrogen) atoms. The molecule has 220 valence electrons. The quantitative estimate of drug-likeness (QED) is 0.0873. The zero-order valence-electron chi connectivity index (χ0n) is 23.1. The molecule has 0 radical (unpaired) electrons. The Morgan fingerprint density at radius 1 is 0.791 bits per heavy atom. The molecular formula is C31H25BrClN3O7. The molecule has 2 amide bonds. The lowest BCUT2D eigenvalue weighted by atomic mass is 10.1. The van der Waals surface area contributed by atoms with Crippen LogP contribution in [0.15, 0.2) is 88.4 Å². The number of hydrazone groups is 1. The second-order valence-corrected chi connectivity index (χ2v) is 10.0. The number of hydrogen-bond donors (Lipinski definition) is 2. The number of carbonyl (C=O) groups is 3. The summed E-state index contributed by atoms with van der Waals surface area (Å²) >= 11 is 9.29. The fourth-order valence-corrected chi connectivity index (χ4v) is 4.38. The lowest BCUT2D eigenvalue weighted by Gasteiger charge is -2.14. The molecule has 4 rings (SSSR count). The molecule has 0 aliphatic rings. The molecule has 0 aliphatic carbocycles. The van der Waals surface area contributed by atoms with E-state index < -0.39 is 17.8 Å². The minimum absolute atomic E-state index is 0.158. The van der Waals surface area contributed by atoms with E-state index >= 15 is 0 Å². The first kappa shape index (κ1) is 31.1. The van der Waals surface area contributed by atoms with E-state index in [0.29, 0.717) is 37.9 Å². The molecule has 0 unspecified atom stereocenters. The van der Waals surface area contributed by atoms with Crippen LogP contribution in [0.5, 0.6) is 23.0 Å². The normalized spacial score (nSPS) is 10.6. The minimum Gasteiger partial charge on any atom is -0.493 e. The van der Waals surface area contributed by atoms with Crippen LogP contribution < -0.4 is 29.7 Å². The van der Waals surface area contributed by atoms with Gasteiger partial charge in [0.1, 0.15) is 5.75 Å². The lowest BCUT2D eigenvalue weighted by Crippen LogP contribution is -2.21. The molecule has 0 bridgehead atoms. The summed E-state index contributed by atoms with van der Waals surface area (Å²) < 4.78 is 22.3. The summed E-state index contributed by atoms with van der Waals surface area (Å²) in [4.78, 5) is 38.7. The number of para-hydroxylation sites is 1. The van der Waals surface area contributed by atoms with Crippen LogP contribution >= 0.6 is 27.5 Å². The average molecular weight is 667 g/mol. The molecule has 0 aromatic heterocycles. The molecular weight excluding hydrogens is 642 g/mol. The predicted molar refractivity (Wildman–Crippen MR) is 166 cm³/mol. The maximum atomic E-state index is 13.1. The molecule has 0 heterocycles. The van der Waals surface area contributed by atoms with Gasteiger partial charge in [-0.05, 0) is 66.7 Å². The molecule has 12 heteroatoms. The molecule has 0 spiro atoms. The van der Waals surface area contributed by atoms with Gasteiger partial charge in [0.05, 0.1) is 44.4 Å². The van der Waals surface area contributed by atoms with E-state index in [1.807, 2.05) is 0 Å². The number of esters is 1. The van der Waals surface area contributed by atoms with E-state index in [0.717, 1.165) is 0 Å². The predicted octanol–water partition coefficient (Wildman–Crippen LogP) is 6.36. The van der Waals surface area contributed by atoms with Gasteiger partial charge in [0.15, 0.2) is 11.5 Å². The monoisotopic (exact) mass is 665 g/mol. The van der Waals surface area contributed by atoms with E-state index in [9.17, 15) is 14.4 Å². The summed E-state index contributed by atoms with van der Waals surface area (Å²) in [7, 11) is 4.34. The first-order valence-electron chi connectivity index (χ1n) is 12.5. The molecule has 0 saturated carbocycles. The van der Waals surface area contributed by atoms with Gasteiger partial charge in [-0.2, -0.15) is 5.10 Å². The van der Waals surface area contributed by atoms with Gasteiger partial charge in [-0.3, -0.25) is 9.59 Å². The molecule has 4 aromatic carbocycles. The number of amides is 2. The van der Waals surface area contributed by atoms with Gasteiger partial charge in [-0.25, -0.2) is 10.2 Å². The third-order valence-corrected chi connectivity index (χ3v) is 6.72. The van der Waals surface area contributed by atoms with E-state index in [1.54, 1.807) is 66.7 Å². The zero-order valence-corrected chi connectivity index (χ0v) is 25.5. The molecule has 0 fully saturated rings. The van der Waals surface area contributed by atoms with E-state index in [1.165, 1.54) is 39.7 Å². The smallest absolute Gasteiger partial charge is 0.343 e. The third-order valence-electron chi connectivity index (χ3n) is 5.97. The lowest BCUT2D eigenvalue weighted by molar-refractivity contribution is 0.0733. The first-order chi connectivity index (χ1) is 20.7. The Kier molecular flexibility index (Phi) is 10.4. The topological polar surface area (TPSA) is 125 Å². The number of nitrogens with one attached hydrogen (secondary N) is 2. The van der Waals surface area contributed by atoms with Crippen molar-refractivity contribution in [1.29, 1.82) is 0 Å². The van der Waals surface area contributed by atoms with Crippen LogP contribution in [0.3, 0.4) is 0 Å². The largest absolute Gasteiger partial charge is 0.493 e. The van der Waals surface area contributed by atoms with Crippen molar-refractivity contribution in [3.63, 3.8) is 0 Å². The summed E-state index contributed by atoms with van der Waals surface area (Å²) in [6, 6.07) is 20.7. The van der Waals surface area contributed by atoms with Crippen LogP contribution in [0.25, 0.3) is 0 Å². The van der Waals surface area contributed by atoms with Crippen molar-refractivity contribution in [2.45, 2.75) is 0 Å². The number of ether oxygens (including phenoxy) is 4. The number of nitrogens with zero attached hydrogens (tertiary/aromatic N) is 1. The Morgan fingerprint density at radius 2 is 1.47 bits per heavy atom. The van der Waals surface area contributed by atoms with E-state index in [2.05, 4.69) is 31.8 Å². The molecule has 0 saturated heterocycles. The van der Waals surface area contributed by atoms with Gasteiger partial charge >= 0.3 is 5.97 Å². The standard InChI is InChI=1S/C31H25BrClN3O7/c1-40-26-15-19(16-27(41-2)28(26)42-3)31(39)43-25-13-10-21(32)14-20(25)17-34-36-30(38)23-6-4-5-7-24(23)35-29(37)18-8-11-22(33)12-9-18/h4-17H,1-3H3,(H,35,37)(H,36,38)/b34-17-. The molecule has 2 N–H and O–H groups in total. The number of methoxy groups -OCH3 is 3. The van der Waals surface area contributed by atoms with E-state index in [-0.39, 0.29) is 22.6 Å². The van der Waals surface area contributed by atoms with E-state index in [4.69, 9.17) is 30.5 Å². The van der Waals surface area contributed by atoms with Crippen LogP contribution in [0.4, 0.5) is 5.69 Å². The maximum absolute atomic E-state index is 13.1. The molecule has 0 aliphatic heterocycles. The van der Waals surface area contributed by atoms with Crippen LogP contribution in [-0.2, 0) is 0 Å². The Labute approximate surface area is 260 Å². The van der Waals surface area contributed by atoms with Gasteiger partial charge < -0.3 is 24.3 Å². The summed E-state index contributed by atoms with van der Waals surface area (Å²) in [6.07, 6.45) is 1.33. The maximum Gasteiger partial charge on any atom is 0.343 e. The Bertz CT molecular complexity index is 1670. The average Bonchev–Trinajstić information content (AvgIpc) is 3.01. The highest BCUT2D eigenvalue weighted by atomic mass is 79.9. The Hall–Kier alpha value is -4.87. The number of benzene rings is 4. The number of hydrogen-bond acceptors (Lipinski definition) is 8. The van der Waals surface area contributed by atoms with Gasteiger partial charge in [0.2, 0.25) is 5.75 Å². The number of rotatable bonds is 10. The number of anilines is 1. The number of carbonyl (C=O) groups excluding carboxylic acids is 3. The van der Waals surface area contributed by atoms with Gasteiger partial charge in [-0.1, -0.05) is 39.7 Å². The first-order valence-corrected chi connectivity index (χ1v) is 13.7. The highest BCUT2D eigenvalue weighted by Crippen LogP contribution is 2.38. The van der Waals surface area contributed by atoms with Crippen molar-refractivity contribution in [2.75, 3.05) is 26.6 Å². The Morgan fingerprint density at radius 3 is 2.12 bits per heavy atom. The number of halogens is 2. The summed E-state index contributed by atoms with van der Waals surface area (Å²) in [6.45, 7) is 0. The zero-order chi connectivity index (χ0) is 30.9. The van der Waals surface area contributed by atoms with Crippen molar-refractivity contribution in [2.24, 2.45) is 5.10 Å². The molecule has 4 aromatic rings. The van der Waals surface area contributed by atoms with Gasteiger partial charge in [0, 0.05) is 20.6 Å². The fraction of sp³-hybridized carbons (Fsp3) is 0.0968. The summed E-state index contributed by atoms with van der Waals surface area (Å²) in [5.41, 5.74) is 3.84. The highest BCUT2D eigenvalue weighted by Gasteiger charge is 2.20. The Balaban J connectivity index is 1.50. The SMILES string of the molecule is COc1cc(C(=O)Oc2ccc(Br)cc2/C=N\NC(=O)c2ccccc2NC(=O)c2ccc(Cl)cc2)cc(OC)c1OC. The minimum atomic E-state index is -0.689. The van der Waals surface area contributed by atoms with Crippen molar-refractivity contribution in [3.8, 4) is 23.0 Å². The summed E-state index contributed by atoms with van der Waals surface area (Å²) in [5, 5.41) is 7.27. The fourth-order valence-electron chi connectivity index (χ4n) is 3.88. The summed E-state index contributed by atoms with van der Waals surface area (Å²) in [5.74, 6) is -0.583. The van der Waals surface area contributed by atoms with Crippen LogP contribution in [-0.4, -0.2) is 45.3 Å². The van der Waals surface area contributed by atoms with Gasteiger partial charge in [0.25, 0.3) is 11.8 Å². The molecule has 0 atom stereocenters. The van der Waals surface area contributed by atoms with Crippen molar-refractivity contribution >= 4 is 57.2 Å². The van der Waals surface area contributed by atoms with Crippen molar-refractivity contribution < 1.29 is 33.3 Å². The van der Waals surface area contributed by atoms with Gasteiger partial charge in [-0.15, -0.1) is 0 Å². The van der Waals surface area contributed by atoms with Crippen LogP contribution in [0.2, 0.25) is 5.02 Å².